The Morgan fingerprint density at radius 2 is 2.00 bits per heavy atom. The van der Waals surface area contributed by atoms with E-state index in [1.807, 2.05) is 6.92 Å². The van der Waals surface area contributed by atoms with Crippen molar-refractivity contribution >= 4 is 17.3 Å². The first-order valence-corrected chi connectivity index (χ1v) is 5.47. The molecule has 0 heterocycles. The van der Waals surface area contributed by atoms with Gasteiger partial charge in [-0.25, -0.2) is 0 Å². The number of halogens is 1. The van der Waals surface area contributed by atoms with Crippen molar-refractivity contribution in [2.45, 2.75) is 25.6 Å². The van der Waals surface area contributed by atoms with Gasteiger partial charge >= 0.3 is 0 Å². The summed E-state index contributed by atoms with van der Waals surface area (Å²) < 4.78 is 0. The van der Waals surface area contributed by atoms with E-state index in [9.17, 15) is 10.2 Å². The van der Waals surface area contributed by atoms with Gasteiger partial charge in [0, 0.05) is 16.3 Å². The molecule has 0 radical (unpaired) electrons. The highest BCUT2D eigenvalue weighted by atomic mass is 35.5. The van der Waals surface area contributed by atoms with Crippen LogP contribution in [-0.4, -0.2) is 22.9 Å². The molecule has 6 N–H and O–H groups in total. The van der Waals surface area contributed by atoms with Crippen LogP contribution < -0.4 is 11.5 Å². The Hall–Kier alpha value is -0.810. The van der Waals surface area contributed by atoms with Gasteiger partial charge in [-0.05, 0) is 37.6 Å². The number of nitrogen functional groups attached to an aromatic ring is 1. The lowest BCUT2D eigenvalue weighted by Crippen LogP contribution is -2.22. The summed E-state index contributed by atoms with van der Waals surface area (Å²) in [6, 6.07) is 3.26. The van der Waals surface area contributed by atoms with Gasteiger partial charge in [-0.1, -0.05) is 11.6 Å². The van der Waals surface area contributed by atoms with Gasteiger partial charge in [0.1, 0.15) is 6.10 Å². The first-order chi connectivity index (χ1) is 7.47. The molecule has 4 nitrogen and oxygen atoms in total. The normalized spacial score (nSPS) is 14.8. The molecule has 0 saturated carbocycles. The summed E-state index contributed by atoms with van der Waals surface area (Å²) in [7, 11) is 0. The van der Waals surface area contributed by atoms with Crippen LogP contribution in [0.25, 0.3) is 0 Å². The molecule has 90 valence electrons. The number of benzene rings is 1. The number of hydrogen-bond donors (Lipinski definition) is 4. The third-order valence-electron chi connectivity index (χ3n) is 2.53. The van der Waals surface area contributed by atoms with E-state index in [0.29, 0.717) is 29.2 Å². The van der Waals surface area contributed by atoms with Crippen LogP contribution in [0.1, 0.15) is 23.7 Å². The van der Waals surface area contributed by atoms with E-state index in [1.165, 1.54) is 0 Å². The van der Waals surface area contributed by atoms with Gasteiger partial charge in [0.2, 0.25) is 0 Å². The van der Waals surface area contributed by atoms with Crippen LogP contribution in [0.5, 0.6) is 0 Å². The zero-order chi connectivity index (χ0) is 12.3. The quantitative estimate of drug-likeness (QED) is 0.594. The lowest BCUT2D eigenvalue weighted by Gasteiger charge is -2.19. The minimum absolute atomic E-state index is 0.309. The first kappa shape index (κ1) is 13.3. The first-order valence-electron chi connectivity index (χ1n) is 5.09. The molecule has 0 fully saturated rings. The third-order valence-corrected chi connectivity index (χ3v) is 2.86. The van der Waals surface area contributed by atoms with Crippen molar-refractivity contribution in [3.05, 3.63) is 28.3 Å². The van der Waals surface area contributed by atoms with Crippen molar-refractivity contribution in [1.82, 2.24) is 0 Å². The van der Waals surface area contributed by atoms with Gasteiger partial charge in [0.25, 0.3) is 0 Å². The van der Waals surface area contributed by atoms with Gasteiger partial charge in [0.05, 0.1) is 6.10 Å². The van der Waals surface area contributed by atoms with Crippen molar-refractivity contribution in [1.29, 1.82) is 0 Å². The molecule has 5 heteroatoms. The van der Waals surface area contributed by atoms with Crippen molar-refractivity contribution < 1.29 is 10.2 Å². The summed E-state index contributed by atoms with van der Waals surface area (Å²) in [5, 5.41) is 19.9. The van der Waals surface area contributed by atoms with Crippen molar-refractivity contribution in [3.8, 4) is 0 Å². The summed E-state index contributed by atoms with van der Waals surface area (Å²) in [4.78, 5) is 0. The largest absolute Gasteiger partial charge is 0.398 e. The average molecular weight is 245 g/mol. The smallest absolute Gasteiger partial charge is 0.106 e. The maximum absolute atomic E-state index is 9.89. The number of rotatable bonds is 4. The standard InChI is InChI=1S/C11H17ClN2O2/c1-6-4-7(8(12)5-9(6)14)11(16)10(15)2-3-13/h4-5,10-11,15-16H,2-3,13-14H2,1H3. The number of aliphatic hydroxyl groups is 2. The van der Waals surface area contributed by atoms with Crippen molar-refractivity contribution in [2.24, 2.45) is 5.73 Å². The summed E-state index contributed by atoms with van der Waals surface area (Å²) in [5.41, 5.74) is 12.9. The fourth-order valence-corrected chi connectivity index (χ4v) is 1.77. The van der Waals surface area contributed by atoms with E-state index in [2.05, 4.69) is 0 Å². The molecule has 2 atom stereocenters. The predicted octanol–water partition coefficient (Wildman–Crippen LogP) is 0.974. The highest BCUT2D eigenvalue weighted by Crippen LogP contribution is 2.30. The van der Waals surface area contributed by atoms with Gasteiger partial charge in [0.15, 0.2) is 0 Å². The molecule has 1 rings (SSSR count). The van der Waals surface area contributed by atoms with Gasteiger partial charge < -0.3 is 21.7 Å². The van der Waals surface area contributed by atoms with Crippen LogP contribution in [0.15, 0.2) is 12.1 Å². The van der Waals surface area contributed by atoms with Crippen molar-refractivity contribution in [2.75, 3.05) is 12.3 Å². The highest BCUT2D eigenvalue weighted by molar-refractivity contribution is 6.31. The van der Waals surface area contributed by atoms with E-state index >= 15 is 0 Å². The minimum atomic E-state index is -1.03. The molecule has 0 aromatic heterocycles. The second-order valence-corrected chi connectivity index (χ2v) is 4.23. The Kier molecular flexibility index (Phi) is 4.56. The molecule has 1 aromatic carbocycles. The Labute approximate surface area is 99.8 Å². The number of anilines is 1. The fourth-order valence-electron chi connectivity index (χ4n) is 1.48. The van der Waals surface area contributed by atoms with E-state index in [0.717, 1.165) is 5.56 Å². The Morgan fingerprint density at radius 3 is 2.56 bits per heavy atom. The SMILES string of the molecule is Cc1cc(C(O)C(O)CCN)c(Cl)cc1N. The Morgan fingerprint density at radius 1 is 1.38 bits per heavy atom. The molecule has 0 bridgehead atoms. The second-order valence-electron chi connectivity index (χ2n) is 3.82. The molecule has 0 aliphatic carbocycles. The molecule has 0 spiro atoms. The molecule has 16 heavy (non-hydrogen) atoms. The third kappa shape index (κ3) is 2.86. The van der Waals surface area contributed by atoms with Crippen LogP contribution in [0.4, 0.5) is 5.69 Å². The van der Waals surface area contributed by atoms with Crippen molar-refractivity contribution in [3.63, 3.8) is 0 Å². The predicted molar refractivity (Wildman–Crippen MR) is 65.2 cm³/mol. The van der Waals surface area contributed by atoms with Crippen LogP contribution in [0.2, 0.25) is 5.02 Å². The maximum atomic E-state index is 9.89. The molecule has 0 aliphatic rings. The molecule has 2 unspecified atom stereocenters. The van der Waals surface area contributed by atoms with Gasteiger partial charge in [-0.15, -0.1) is 0 Å². The highest BCUT2D eigenvalue weighted by Gasteiger charge is 2.20. The Balaban J connectivity index is 2.99. The topological polar surface area (TPSA) is 92.5 Å². The molecular formula is C11H17ClN2O2. The summed E-state index contributed by atoms with van der Waals surface area (Å²) in [6.07, 6.45) is -1.62. The van der Waals surface area contributed by atoms with Crippen LogP contribution >= 0.6 is 11.6 Å². The van der Waals surface area contributed by atoms with E-state index in [1.54, 1.807) is 12.1 Å². The number of aryl methyl sites for hydroxylation is 1. The number of nitrogens with two attached hydrogens (primary N) is 2. The molecule has 0 saturated heterocycles. The molecule has 0 aliphatic heterocycles. The molecule has 0 amide bonds. The number of hydrogen-bond acceptors (Lipinski definition) is 4. The lowest BCUT2D eigenvalue weighted by molar-refractivity contribution is 0.0150. The van der Waals surface area contributed by atoms with Gasteiger partial charge in [-0.2, -0.15) is 0 Å². The van der Waals surface area contributed by atoms with Crippen LogP contribution in [0.3, 0.4) is 0 Å². The Bertz CT molecular complexity index is 371. The maximum Gasteiger partial charge on any atom is 0.106 e. The second kappa shape index (κ2) is 5.50. The van der Waals surface area contributed by atoms with E-state index < -0.39 is 12.2 Å². The number of aliphatic hydroxyl groups excluding tert-OH is 2. The zero-order valence-corrected chi connectivity index (χ0v) is 9.91. The molecule has 1 aromatic rings. The monoisotopic (exact) mass is 244 g/mol. The van der Waals surface area contributed by atoms with Crippen LogP contribution in [-0.2, 0) is 0 Å². The van der Waals surface area contributed by atoms with Gasteiger partial charge in [-0.3, -0.25) is 0 Å². The summed E-state index contributed by atoms with van der Waals surface area (Å²) in [6.45, 7) is 2.13. The minimum Gasteiger partial charge on any atom is -0.398 e. The van der Waals surface area contributed by atoms with E-state index in [4.69, 9.17) is 23.1 Å². The zero-order valence-electron chi connectivity index (χ0n) is 9.15. The average Bonchev–Trinajstić information content (AvgIpc) is 2.23. The van der Waals surface area contributed by atoms with Crippen LogP contribution in [0, 0.1) is 6.92 Å². The summed E-state index contributed by atoms with van der Waals surface area (Å²) in [5.74, 6) is 0. The molecular weight excluding hydrogens is 228 g/mol. The fraction of sp³-hybridized carbons (Fsp3) is 0.455. The summed E-state index contributed by atoms with van der Waals surface area (Å²) >= 11 is 5.96. The lowest BCUT2D eigenvalue weighted by atomic mass is 9.99. The van der Waals surface area contributed by atoms with E-state index in [-0.39, 0.29) is 0 Å².